The molecule has 3 aromatic rings. The van der Waals surface area contributed by atoms with E-state index in [0.29, 0.717) is 22.6 Å². The number of para-hydroxylation sites is 1. The molecule has 0 radical (unpaired) electrons. The molecule has 1 aliphatic carbocycles. The van der Waals surface area contributed by atoms with Gasteiger partial charge in [-0.25, -0.2) is 0 Å². The zero-order chi connectivity index (χ0) is 26.3. The third-order valence-corrected chi connectivity index (χ3v) is 7.51. The Bertz CT molecular complexity index is 1400. The molecule has 5 rings (SSSR count). The monoisotopic (exact) mass is 495 g/mol. The van der Waals surface area contributed by atoms with E-state index in [2.05, 4.69) is 20.8 Å². The van der Waals surface area contributed by atoms with Gasteiger partial charge in [-0.3, -0.25) is 14.5 Å². The van der Waals surface area contributed by atoms with E-state index in [1.165, 1.54) is 16.0 Å². The zero-order valence-electron chi connectivity index (χ0n) is 21.9. The van der Waals surface area contributed by atoms with Gasteiger partial charge in [-0.15, -0.1) is 0 Å². The van der Waals surface area contributed by atoms with Crippen LogP contribution in [0.5, 0.6) is 5.75 Å². The molecule has 0 saturated carbocycles. The second-order valence-electron chi connectivity index (χ2n) is 10.9. The minimum Gasteiger partial charge on any atom is -0.507 e. The number of anilines is 1. The Morgan fingerprint density at radius 3 is 2.27 bits per heavy atom. The van der Waals surface area contributed by atoms with Crippen LogP contribution >= 0.6 is 0 Å². The number of hydrogen-bond donors (Lipinski definition) is 1. The highest BCUT2D eigenvalue weighted by Gasteiger charge is 2.48. The normalized spacial score (nSPS) is 19.1. The summed E-state index contributed by atoms with van der Waals surface area (Å²) in [4.78, 5) is 28.6. The smallest absolute Gasteiger partial charge is 0.300 e. The molecular formula is C32H33NO4. The van der Waals surface area contributed by atoms with Crippen LogP contribution in [0.15, 0.2) is 72.3 Å². The summed E-state index contributed by atoms with van der Waals surface area (Å²) in [6.07, 6.45) is 4.23. The second-order valence-corrected chi connectivity index (χ2v) is 10.9. The van der Waals surface area contributed by atoms with Gasteiger partial charge in [-0.05, 0) is 72.1 Å². The highest BCUT2D eigenvalue weighted by molar-refractivity contribution is 6.51. The van der Waals surface area contributed by atoms with Crippen molar-refractivity contribution in [3.63, 3.8) is 0 Å². The number of ether oxygens (including phenoxy) is 1. The second kappa shape index (κ2) is 9.55. The van der Waals surface area contributed by atoms with Crippen LogP contribution in [0.25, 0.3) is 5.76 Å². The maximum absolute atomic E-state index is 13.6. The molecule has 1 N–H and O–H groups in total. The number of carbonyl (C=O) groups is 2. The number of fused-ring (bicyclic) bond motifs is 1. The average molecular weight is 496 g/mol. The van der Waals surface area contributed by atoms with E-state index in [0.717, 1.165) is 31.2 Å². The summed E-state index contributed by atoms with van der Waals surface area (Å²) in [5.74, 6) is -0.983. The Kier molecular flexibility index (Phi) is 6.40. The van der Waals surface area contributed by atoms with Crippen molar-refractivity contribution in [2.24, 2.45) is 0 Å². The van der Waals surface area contributed by atoms with Gasteiger partial charge in [0.1, 0.15) is 11.5 Å². The molecule has 1 heterocycles. The highest BCUT2D eigenvalue weighted by Crippen LogP contribution is 2.45. The molecule has 1 amide bonds. The van der Waals surface area contributed by atoms with Gasteiger partial charge in [-0.2, -0.15) is 0 Å². The van der Waals surface area contributed by atoms with Gasteiger partial charge >= 0.3 is 0 Å². The first-order valence-electron chi connectivity index (χ1n) is 12.9. The molecule has 190 valence electrons. The summed E-state index contributed by atoms with van der Waals surface area (Å²) in [6.45, 7) is 6.38. The number of aliphatic hydroxyl groups excluding tert-OH is 1. The van der Waals surface area contributed by atoms with Crippen LogP contribution in [0.2, 0.25) is 0 Å². The third-order valence-electron chi connectivity index (χ3n) is 7.51. The van der Waals surface area contributed by atoms with Crippen LogP contribution in [0.1, 0.15) is 67.5 Å². The largest absolute Gasteiger partial charge is 0.507 e. The van der Waals surface area contributed by atoms with Crippen molar-refractivity contribution in [3.8, 4) is 5.75 Å². The summed E-state index contributed by atoms with van der Waals surface area (Å²) >= 11 is 0. The lowest BCUT2D eigenvalue weighted by atomic mass is 9.87. The van der Waals surface area contributed by atoms with Crippen molar-refractivity contribution in [2.75, 3.05) is 12.0 Å². The zero-order valence-corrected chi connectivity index (χ0v) is 21.9. The van der Waals surface area contributed by atoms with Crippen molar-refractivity contribution in [1.82, 2.24) is 0 Å². The van der Waals surface area contributed by atoms with Crippen molar-refractivity contribution < 1.29 is 19.4 Å². The van der Waals surface area contributed by atoms with E-state index in [-0.39, 0.29) is 16.7 Å². The van der Waals surface area contributed by atoms with Crippen LogP contribution in [0, 0.1) is 0 Å². The van der Waals surface area contributed by atoms with Crippen molar-refractivity contribution in [3.05, 3.63) is 100 Å². The first-order valence-corrected chi connectivity index (χ1v) is 12.9. The summed E-state index contributed by atoms with van der Waals surface area (Å²) in [5.41, 5.74) is 5.41. The highest BCUT2D eigenvalue weighted by atomic mass is 16.5. The molecule has 2 aliphatic rings. The van der Waals surface area contributed by atoms with Crippen LogP contribution in [0.3, 0.4) is 0 Å². The van der Waals surface area contributed by atoms with Gasteiger partial charge in [0.25, 0.3) is 11.7 Å². The molecule has 1 atom stereocenters. The Balaban J connectivity index is 1.69. The van der Waals surface area contributed by atoms with Crippen molar-refractivity contribution >= 4 is 23.1 Å². The number of rotatable bonds is 4. The summed E-state index contributed by atoms with van der Waals surface area (Å²) in [5, 5.41) is 11.6. The van der Waals surface area contributed by atoms with Gasteiger partial charge in [0.15, 0.2) is 0 Å². The number of aliphatic hydroxyl groups is 1. The van der Waals surface area contributed by atoms with E-state index >= 15 is 0 Å². The number of Topliss-reactive ketones (excluding diaryl/α,β-unsaturated/α-hetero) is 1. The lowest BCUT2D eigenvalue weighted by Crippen LogP contribution is -2.29. The lowest BCUT2D eigenvalue weighted by Gasteiger charge is -2.27. The number of methoxy groups -OCH3 is 1. The van der Waals surface area contributed by atoms with E-state index in [1.807, 2.05) is 60.7 Å². The minimum absolute atomic E-state index is 0.0544. The quantitative estimate of drug-likeness (QED) is 0.255. The van der Waals surface area contributed by atoms with Gasteiger partial charge < -0.3 is 9.84 Å². The molecular weight excluding hydrogens is 462 g/mol. The van der Waals surface area contributed by atoms with E-state index in [9.17, 15) is 14.7 Å². The minimum atomic E-state index is -0.826. The predicted molar refractivity (Wildman–Crippen MR) is 146 cm³/mol. The van der Waals surface area contributed by atoms with E-state index < -0.39 is 17.7 Å². The number of nitrogens with zero attached hydrogens (tertiary/aromatic N) is 1. The summed E-state index contributed by atoms with van der Waals surface area (Å²) in [6, 6.07) is 20.1. The number of aryl methyl sites for hydroxylation is 2. The fourth-order valence-corrected chi connectivity index (χ4v) is 5.44. The first-order chi connectivity index (χ1) is 17.7. The summed E-state index contributed by atoms with van der Waals surface area (Å²) in [7, 11) is 1.56. The number of hydrogen-bond acceptors (Lipinski definition) is 4. The molecule has 1 saturated heterocycles. The van der Waals surface area contributed by atoms with Crippen LogP contribution in [-0.4, -0.2) is 23.9 Å². The van der Waals surface area contributed by atoms with Gasteiger partial charge in [-0.1, -0.05) is 63.2 Å². The average Bonchev–Trinajstić information content (AvgIpc) is 3.17. The Hall–Kier alpha value is -3.86. The maximum atomic E-state index is 13.6. The lowest BCUT2D eigenvalue weighted by molar-refractivity contribution is -0.132. The number of ketones is 1. The Labute approximate surface area is 218 Å². The Morgan fingerprint density at radius 2 is 1.59 bits per heavy atom. The molecule has 1 fully saturated rings. The molecule has 0 aromatic heterocycles. The molecule has 0 bridgehead atoms. The number of amides is 1. The fraction of sp³-hybridized carbons (Fsp3) is 0.312. The van der Waals surface area contributed by atoms with Crippen LogP contribution in [-0.2, 0) is 27.8 Å². The molecule has 5 nitrogen and oxygen atoms in total. The summed E-state index contributed by atoms with van der Waals surface area (Å²) < 4.78 is 5.63. The van der Waals surface area contributed by atoms with Crippen molar-refractivity contribution in [1.29, 1.82) is 0 Å². The van der Waals surface area contributed by atoms with Gasteiger partial charge in [0, 0.05) is 16.8 Å². The van der Waals surface area contributed by atoms with E-state index in [4.69, 9.17) is 4.74 Å². The molecule has 0 spiro atoms. The van der Waals surface area contributed by atoms with Crippen molar-refractivity contribution in [2.45, 2.75) is 57.9 Å². The molecule has 1 unspecified atom stereocenters. The van der Waals surface area contributed by atoms with Gasteiger partial charge in [0.2, 0.25) is 0 Å². The Morgan fingerprint density at radius 1 is 0.919 bits per heavy atom. The van der Waals surface area contributed by atoms with Gasteiger partial charge in [0.05, 0.1) is 18.7 Å². The van der Waals surface area contributed by atoms with Crippen LogP contribution in [0.4, 0.5) is 5.69 Å². The third kappa shape index (κ3) is 4.43. The van der Waals surface area contributed by atoms with Crippen LogP contribution < -0.4 is 9.64 Å². The molecule has 5 heteroatoms. The topological polar surface area (TPSA) is 66.8 Å². The number of carbonyl (C=O) groups excluding carboxylic acids is 2. The fourth-order valence-electron chi connectivity index (χ4n) is 5.44. The predicted octanol–water partition coefficient (Wildman–Crippen LogP) is 6.50. The SMILES string of the molecule is COc1ccccc1C1/C(=C(\O)c2ccc3c(c2)CCCC3)C(=O)C(=O)N1c1ccc(C(C)(C)C)cc1. The standard InChI is InChI=1S/C32H33NO4/c1-32(2,3)23-15-17-24(18-16-23)33-28(25-11-7-8-12-26(25)37-4)27(30(35)31(33)36)29(34)22-14-13-20-9-5-6-10-21(20)19-22/h7-8,11-19,28,34H,5-6,9-10H2,1-4H3/b29-27+. The molecule has 1 aliphatic heterocycles. The number of benzene rings is 3. The van der Waals surface area contributed by atoms with E-state index in [1.54, 1.807) is 13.2 Å². The molecule has 37 heavy (non-hydrogen) atoms. The molecule has 3 aromatic carbocycles. The first kappa shape index (κ1) is 24.8. The maximum Gasteiger partial charge on any atom is 0.300 e.